The number of aromatic nitrogens is 2. The molecule has 0 unspecified atom stereocenters. The molecule has 0 aliphatic heterocycles. The predicted molar refractivity (Wildman–Crippen MR) is 120 cm³/mol. The zero-order valence-corrected chi connectivity index (χ0v) is 16.0. The zero-order valence-electron chi connectivity index (χ0n) is 16.0. The molecule has 0 radical (unpaired) electrons. The molecule has 4 aromatic rings. The maximum atomic E-state index is 6.01. The summed E-state index contributed by atoms with van der Waals surface area (Å²) in [5.41, 5.74) is 11.3. The third kappa shape index (κ3) is 5.11. The highest BCUT2D eigenvalue weighted by Crippen LogP contribution is 2.25. The van der Waals surface area contributed by atoms with Crippen LogP contribution in [0.15, 0.2) is 91.1 Å². The molecule has 0 fully saturated rings. The van der Waals surface area contributed by atoms with Gasteiger partial charge in [-0.15, -0.1) is 0 Å². The zero-order chi connectivity index (χ0) is 19.9. The van der Waals surface area contributed by atoms with Crippen molar-refractivity contribution in [1.29, 1.82) is 0 Å². The molecule has 0 amide bonds. The number of hydrogen-bond donors (Lipinski definition) is 3. The van der Waals surface area contributed by atoms with Crippen LogP contribution in [0.5, 0.6) is 0 Å². The van der Waals surface area contributed by atoms with Crippen molar-refractivity contribution >= 4 is 23.0 Å². The molecular weight excluding hydrogens is 358 g/mol. The molecule has 2 heterocycles. The van der Waals surface area contributed by atoms with Crippen LogP contribution >= 0.6 is 0 Å². The largest absolute Gasteiger partial charge is 0.384 e. The number of nitrogens with one attached hydrogen (secondary N) is 2. The van der Waals surface area contributed by atoms with Crippen LogP contribution < -0.4 is 16.4 Å². The molecule has 2 aromatic carbocycles. The molecule has 0 saturated carbocycles. The van der Waals surface area contributed by atoms with E-state index in [1.165, 1.54) is 5.56 Å². The van der Waals surface area contributed by atoms with Crippen LogP contribution in [0.25, 0.3) is 11.1 Å². The van der Waals surface area contributed by atoms with Crippen LogP contribution in [-0.4, -0.2) is 16.5 Å². The molecule has 4 N–H and O–H groups in total. The first kappa shape index (κ1) is 18.5. The Balaban J connectivity index is 1.45. The van der Waals surface area contributed by atoms with Gasteiger partial charge in [0.25, 0.3) is 0 Å². The standard InChI is InChI=1S/C24H23N5/c25-23-16-22(27-14-12-20-10-4-5-13-26-20)17-24(29-23)28-21-11-6-9-19(15-21)18-7-2-1-3-8-18/h1-11,13,15-17H,12,14H2,(H4,25,27,28,29). The Morgan fingerprint density at radius 2 is 1.59 bits per heavy atom. The van der Waals surface area contributed by atoms with Gasteiger partial charge in [0.2, 0.25) is 0 Å². The lowest BCUT2D eigenvalue weighted by Crippen LogP contribution is -2.07. The smallest absolute Gasteiger partial charge is 0.134 e. The van der Waals surface area contributed by atoms with Crippen molar-refractivity contribution in [1.82, 2.24) is 9.97 Å². The molecule has 0 spiro atoms. The van der Waals surface area contributed by atoms with E-state index in [0.29, 0.717) is 11.6 Å². The average Bonchev–Trinajstić information content (AvgIpc) is 2.75. The summed E-state index contributed by atoms with van der Waals surface area (Å²) in [6.45, 7) is 0.767. The molecule has 0 atom stereocenters. The number of anilines is 4. The molecule has 4 rings (SSSR count). The number of hydrogen-bond acceptors (Lipinski definition) is 5. The van der Waals surface area contributed by atoms with Crippen LogP contribution in [0.1, 0.15) is 5.69 Å². The minimum atomic E-state index is 0.467. The second-order valence-electron chi connectivity index (χ2n) is 6.74. The lowest BCUT2D eigenvalue weighted by atomic mass is 10.1. The average molecular weight is 381 g/mol. The fourth-order valence-corrected chi connectivity index (χ4v) is 3.15. The van der Waals surface area contributed by atoms with E-state index < -0.39 is 0 Å². The van der Waals surface area contributed by atoms with Crippen molar-refractivity contribution in [2.75, 3.05) is 22.9 Å². The third-order valence-electron chi connectivity index (χ3n) is 4.52. The molecular formula is C24H23N5. The first-order valence-corrected chi connectivity index (χ1v) is 9.60. The Morgan fingerprint density at radius 1 is 0.759 bits per heavy atom. The van der Waals surface area contributed by atoms with E-state index in [2.05, 4.69) is 44.9 Å². The van der Waals surface area contributed by atoms with Crippen molar-refractivity contribution in [3.8, 4) is 11.1 Å². The predicted octanol–water partition coefficient (Wildman–Crippen LogP) is 5.12. The number of nitrogen functional groups attached to an aromatic ring is 1. The summed E-state index contributed by atoms with van der Waals surface area (Å²) in [6.07, 6.45) is 2.65. The van der Waals surface area contributed by atoms with Crippen molar-refractivity contribution < 1.29 is 0 Å². The Hall–Kier alpha value is -3.86. The van der Waals surface area contributed by atoms with E-state index in [9.17, 15) is 0 Å². The van der Waals surface area contributed by atoms with E-state index in [1.807, 2.05) is 66.9 Å². The number of pyridine rings is 2. The normalized spacial score (nSPS) is 10.5. The van der Waals surface area contributed by atoms with Gasteiger partial charge >= 0.3 is 0 Å². The Bertz CT molecular complexity index is 1060. The first-order valence-electron chi connectivity index (χ1n) is 9.60. The highest BCUT2D eigenvalue weighted by Gasteiger charge is 2.04. The van der Waals surface area contributed by atoms with Crippen LogP contribution in [-0.2, 0) is 6.42 Å². The Labute approximate surface area is 170 Å². The van der Waals surface area contributed by atoms with Gasteiger partial charge in [-0.25, -0.2) is 4.98 Å². The minimum absolute atomic E-state index is 0.467. The summed E-state index contributed by atoms with van der Waals surface area (Å²) in [5.74, 6) is 1.17. The van der Waals surface area contributed by atoms with Crippen LogP contribution in [0.3, 0.4) is 0 Å². The van der Waals surface area contributed by atoms with Crippen molar-refractivity contribution in [2.45, 2.75) is 6.42 Å². The SMILES string of the molecule is Nc1cc(NCCc2ccccn2)cc(Nc2cccc(-c3ccccc3)c2)n1. The monoisotopic (exact) mass is 381 g/mol. The third-order valence-corrected chi connectivity index (χ3v) is 4.52. The summed E-state index contributed by atoms with van der Waals surface area (Å²) in [5, 5.41) is 6.76. The van der Waals surface area contributed by atoms with Gasteiger partial charge in [0.15, 0.2) is 0 Å². The lowest BCUT2D eigenvalue weighted by Gasteiger charge is -2.12. The molecule has 0 bridgehead atoms. The lowest BCUT2D eigenvalue weighted by molar-refractivity contribution is 0.961. The fourth-order valence-electron chi connectivity index (χ4n) is 3.15. The Kier molecular flexibility index (Phi) is 5.67. The van der Waals surface area contributed by atoms with Crippen LogP contribution in [0.2, 0.25) is 0 Å². The van der Waals surface area contributed by atoms with Gasteiger partial charge < -0.3 is 16.4 Å². The number of nitrogens with zero attached hydrogens (tertiary/aromatic N) is 2. The van der Waals surface area contributed by atoms with Gasteiger partial charge in [-0.2, -0.15) is 0 Å². The molecule has 2 aromatic heterocycles. The minimum Gasteiger partial charge on any atom is -0.384 e. The van der Waals surface area contributed by atoms with Crippen LogP contribution in [0, 0.1) is 0 Å². The summed E-state index contributed by atoms with van der Waals surface area (Å²) in [7, 11) is 0. The van der Waals surface area contributed by atoms with Crippen molar-refractivity contribution in [2.24, 2.45) is 0 Å². The number of nitrogens with two attached hydrogens (primary N) is 1. The van der Waals surface area contributed by atoms with Gasteiger partial charge in [-0.3, -0.25) is 4.98 Å². The number of rotatable bonds is 7. The van der Waals surface area contributed by atoms with E-state index in [1.54, 1.807) is 0 Å². The summed E-state index contributed by atoms with van der Waals surface area (Å²) >= 11 is 0. The molecule has 5 nitrogen and oxygen atoms in total. The van der Waals surface area contributed by atoms with E-state index >= 15 is 0 Å². The van der Waals surface area contributed by atoms with Gasteiger partial charge in [0.05, 0.1) is 0 Å². The van der Waals surface area contributed by atoms with Gasteiger partial charge in [-0.1, -0.05) is 48.5 Å². The second kappa shape index (κ2) is 8.89. The molecule has 0 aliphatic carbocycles. The summed E-state index contributed by atoms with van der Waals surface area (Å²) in [6, 6.07) is 28.3. The quantitative estimate of drug-likeness (QED) is 0.414. The van der Waals surface area contributed by atoms with Crippen LogP contribution in [0.4, 0.5) is 23.0 Å². The fraction of sp³-hybridized carbons (Fsp3) is 0.0833. The van der Waals surface area contributed by atoms with E-state index in [0.717, 1.165) is 35.6 Å². The van der Waals surface area contributed by atoms with Crippen molar-refractivity contribution in [3.63, 3.8) is 0 Å². The molecule has 0 saturated heterocycles. The maximum absolute atomic E-state index is 6.01. The highest BCUT2D eigenvalue weighted by atomic mass is 15.0. The molecule has 0 aliphatic rings. The molecule has 5 heteroatoms. The van der Waals surface area contributed by atoms with Gasteiger partial charge in [0.1, 0.15) is 11.6 Å². The topological polar surface area (TPSA) is 75.9 Å². The van der Waals surface area contributed by atoms with E-state index in [4.69, 9.17) is 5.73 Å². The van der Waals surface area contributed by atoms with E-state index in [-0.39, 0.29) is 0 Å². The van der Waals surface area contributed by atoms with Gasteiger partial charge in [0, 0.05) is 48.4 Å². The summed E-state index contributed by atoms with van der Waals surface area (Å²) in [4.78, 5) is 8.76. The maximum Gasteiger partial charge on any atom is 0.134 e. The molecule has 144 valence electrons. The highest BCUT2D eigenvalue weighted by molar-refractivity contribution is 5.71. The number of benzene rings is 2. The summed E-state index contributed by atoms with van der Waals surface area (Å²) < 4.78 is 0. The molecule has 29 heavy (non-hydrogen) atoms. The first-order chi connectivity index (χ1) is 14.3. The van der Waals surface area contributed by atoms with Crippen molar-refractivity contribution in [3.05, 3.63) is 96.8 Å². The second-order valence-corrected chi connectivity index (χ2v) is 6.74. The van der Waals surface area contributed by atoms with Gasteiger partial charge in [-0.05, 0) is 35.4 Å². The Morgan fingerprint density at radius 3 is 2.41 bits per heavy atom.